The molecule has 0 radical (unpaired) electrons. The Labute approximate surface area is 78.9 Å². The molecule has 12 heavy (non-hydrogen) atoms. The van der Waals surface area contributed by atoms with E-state index in [1.54, 1.807) is 0 Å². The first-order valence-corrected chi connectivity index (χ1v) is 5.39. The third-order valence-electron chi connectivity index (χ3n) is 1.96. The van der Waals surface area contributed by atoms with Gasteiger partial charge in [0.25, 0.3) is 0 Å². The molecule has 1 aliphatic heterocycles. The second-order valence-corrected chi connectivity index (χ2v) is 3.47. The van der Waals surface area contributed by atoms with Gasteiger partial charge in [-0.15, -0.1) is 0 Å². The van der Waals surface area contributed by atoms with Crippen LogP contribution in [0.25, 0.3) is 0 Å². The third kappa shape index (κ3) is 6.66. The molecule has 1 heterocycles. The molecule has 76 valence electrons. The van der Waals surface area contributed by atoms with E-state index in [2.05, 4.69) is 33.0 Å². The second kappa shape index (κ2) is 9.05. The second-order valence-electron chi connectivity index (χ2n) is 3.47. The van der Waals surface area contributed by atoms with Gasteiger partial charge in [-0.25, -0.2) is 0 Å². The normalized spacial score (nSPS) is 17.5. The molecule has 0 aromatic rings. The van der Waals surface area contributed by atoms with Crippen LogP contribution in [0, 0.1) is 5.41 Å². The smallest absolute Gasteiger partial charge is 0.00175 e. The summed E-state index contributed by atoms with van der Waals surface area (Å²) in [4.78, 5) is 0. The van der Waals surface area contributed by atoms with E-state index in [4.69, 9.17) is 0 Å². The lowest BCUT2D eigenvalue weighted by Crippen LogP contribution is -2.50. The maximum absolute atomic E-state index is 3.25. The van der Waals surface area contributed by atoms with Gasteiger partial charge in [-0.1, -0.05) is 48.0 Å². The topological polar surface area (TPSA) is 12.0 Å². The number of nitrogens with one attached hydrogen (secondary N) is 1. The van der Waals surface area contributed by atoms with Crippen LogP contribution in [0.15, 0.2) is 0 Å². The Hall–Kier alpha value is -0.0400. The molecule has 1 rings (SSSR count). The quantitative estimate of drug-likeness (QED) is 0.640. The lowest BCUT2D eigenvalue weighted by Gasteiger charge is -2.38. The first-order valence-electron chi connectivity index (χ1n) is 5.39. The van der Waals surface area contributed by atoms with Crippen LogP contribution in [0.1, 0.15) is 54.4 Å². The number of hydrogen-bond acceptors (Lipinski definition) is 1. The van der Waals surface area contributed by atoms with Gasteiger partial charge in [0.05, 0.1) is 0 Å². The molecule has 1 N–H and O–H groups in total. The molecule has 0 bridgehead atoms. The standard InChI is InChI=1S/C6H13N.C3H8.C2H6/c1-3-6(2)4-7-5-6;1-3-2;1-2/h7H,3-5H2,1-2H3;3H2,1-2H3;1-2H3. The molecule has 0 aliphatic carbocycles. The summed E-state index contributed by atoms with van der Waals surface area (Å²) in [5.74, 6) is 0. The third-order valence-corrected chi connectivity index (χ3v) is 1.96. The molecule has 0 amide bonds. The molecule has 0 saturated carbocycles. The van der Waals surface area contributed by atoms with Gasteiger partial charge in [0.15, 0.2) is 0 Å². The Morgan fingerprint density at radius 3 is 1.42 bits per heavy atom. The summed E-state index contributed by atoms with van der Waals surface area (Å²) in [5.41, 5.74) is 0.653. The van der Waals surface area contributed by atoms with Crippen LogP contribution < -0.4 is 5.32 Å². The summed E-state index contributed by atoms with van der Waals surface area (Å²) in [6, 6.07) is 0. The maximum atomic E-state index is 3.25. The molecule has 0 spiro atoms. The van der Waals surface area contributed by atoms with E-state index in [0.29, 0.717) is 5.41 Å². The molecule has 0 aromatic heterocycles. The Morgan fingerprint density at radius 1 is 1.08 bits per heavy atom. The van der Waals surface area contributed by atoms with E-state index in [0.717, 1.165) is 0 Å². The van der Waals surface area contributed by atoms with Gasteiger partial charge in [-0.2, -0.15) is 0 Å². The summed E-state index contributed by atoms with van der Waals surface area (Å²) in [5, 5.41) is 3.25. The fourth-order valence-corrected chi connectivity index (χ4v) is 0.802. The van der Waals surface area contributed by atoms with Crippen LogP contribution in [-0.2, 0) is 0 Å². The van der Waals surface area contributed by atoms with Crippen molar-refractivity contribution in [1.29, 1.82) is 0 Å². The molecule has 0 unspecified atom stereocenters. The van der Waals surface area contributed by atoms with E-state index in [1.165, 1.54) is 25.9 Å². The van der Waals surface area contributed by atoms with Crippen LogP contribution in [0.5, 0.6) is 0 Å². The summed E-state index contributed by atoms with van der Waals surface area (Å²) < 4.78 is 0. The van der Waals surface area contributed by atoms with E-state index in [9.17, 15) is 0 Å². The highest BCUT2D eigenvalue weighted by Gasteiger charge is 2.28. The highest BCUT2D eigenvalue weighted by atomic mass is 15.0. The van der Waals surface area contributed by atoms with Gasteiger partial charge in [0.1, 0.15) is 0 Å². The van der Waals surface area contributed by atoms with Gasteiger partial charge in [0.2, 0.25) is 0 Å². The monoisotopic (exact) mass is 173 g/mol. The molecule has 1 aliphatic rings. The van der Waals surface area contributed by atoms with E-state index in [1.807, 2.05) is 13.8 Å². The Morgan fingerprint density at radius 2 is 1.42 bits per heavy atom. The Balaban J connectivity index is 0. The number of rotatable bonds is 1. The Bertz CT molecular complexity index is 69.6. The van der Waals surface area contributed by atoms with E-state index < -0.39 is 0 Å². The summed E-state index contributed by atoms with van der Waals surface area (Å²) >= 11 is 0. The lowest BCUT2D eigenvalue weighted by molar-refractivity contribution is 0.189. The fraction of sp³-hybridized carbons (Fsp3) is 1.00. The molecule has 0 aromatic carbocycles. The summed E-state index contributed by atoms with van der Waals surface area (Å²) in [6.45, 7) is 15.3. The molecule has 1 heteroatoms. The van der Waals surface area contributed by atoms with Crippen molar-refractivity contribution in [2.75, 3.05) is 13.1 Å². The van der Waals surface area contributed by atoms with Crippen molar-refractivity contribution in [3.8, 4) is 0 Å². The van der Waals surface area contributed by atoms with Crippen LogP contribution in [0.3, 0.4) is 0 Å². The molecule has 1 fully saturated rings. The zero-order valence-corrected chi connectivity index (χ0v) is 9.83. The average molecular weight is 173 g/mol. The van der Waals surface area contributed by atoms with Crippen molar-refractivity contribution in [2.45, 2.75) is 54.4 Å². The predicted octanol–water partition coefficient (Wildman–Crippen LogP) is 3.45. The van der Waals surface area contributed by atoms with Crippen LogP contribution >= 0.6 is 0 Å². The predicted molar refractivity (Wildman–Crippen MR) is 58.6 cm³/mol. The number of hydrogen-bond donors (Lipinski definition) is 1. The molecule has 1 saturated heterocycles. The zero-order valence-electron chi connectivity index (χ0n) is 9.83. The highest BCUT2D eigenvalue weighted by molar-refractivity contribution is 4.86. The highest BCUT2D eigenvalue weighted by Crippen LogP contribution is 2.24. The van der Waals surface area contributed by atoms with Gasteiger partial charge in [-0.05, 0) is 11.8 Å². The SMILES string of the molecule is CC.CCC.CCC1(C)CNC1. The van der Waals surface area contributed by atoms with Crippen molar-refractivity contribution in [3.05, 3.63) is 0 Å². The summed E-state index contributed by atoms with van der Waals surface area (Å²) in [6.07, 6.45) is 2.57. The maximum Gasteiger partial charge on any atom is 0.00175 e. The van der Waals surface area contributed by atoms with Crippen molar-refractivity contribution >= 4 is 0 Å². The molecular formula is C11H27N. The molecular weight excluding hydrogens is 146 g/mol. The van der Waals surface area contributed by atoms with E-state index >= 15 is 0 Å². The summed E-state index contributed by atoms with van der Waals surface area (Å²) in [7, 11) is 0. The van der Waals surface area contributed by atoms with Crippen LogP contribution in [-0.4, -0.2) is 13.1 Å². The minimum absolute atomic E-state index is 0.653. The van der Waals surface area contributed by atoms with E-state index in [-0.39, 0.29) is 0 Å². The van der Waals surface area contributed by atoms with Gasteiger partial charge < -0.3 is 5.32 Å². The van der Waals surface area contributed by atoms with Gasteiger partial charge in [-0.3, -0.25) is 0 Å². The first kappa shape index (κ1) is 14.5. The van der Waals surface area contributed by atoms with Crippen molar-refractivity contribution < 1.29 is 0 Å². The molecule has 0 atom stereocenters. The molecule has 1 nitrogen and oxygen atoms in total. The van der Waals surface area contributed by atoms with Crippen molar-refractivity contribution in [3.63, 3.8) is 0 Å². The van der Waals surface area contributed by atoms with Crippen molar-refractivity contribution in [1.82, 2.24) is 5.32 Å². The fourth-order valence-electron chi connectivity index (χ4n) is 0.802. The minimum atomic E-state index is 0.653. The van der Waals surface area contributed by atoms with Crippen LogP contribution in [0.2, 0.25) is 0 Å². The Kier molecular flexibility index (Phi) is 10.9. The largest absolute Gasteiger partial charge is 0.316 e. The average Bonchev–Trinajstić information content (AvgIpc) is 2.06. The minimum Gasteiger partial charge on any atom is -0.316 e. The first-order chi connectivity index (χ1) is 5.68. The zero-order chi connectivity index (χ0) is 10.0. The lowest BCUT2D eigenvalue weighted by atomic mass is 9.82. The van der Waals surface area contributed by atoms with Gasteiger partial charge >= 0.3 is 0 Å². The van der Waals surface area contributed by atoms with Crippen molar-refractivity contribution in [2.24, 2.45) is 5.41 Å². The van der Waals surface area contributed by atoms with Crippen LogP contribution in [0.4, 0.5) is 0 Å². The van der Waals surface area contributed by atoms with Gasteiger partial charge in [0, 0.05) is 13.1 Å².